The first-order chi connectivity index (χ1) is 6.97. The topological polar surface area (TPSA) is 39.7 Å². The van der Waals surface area contributed by atoms with Gasteiger partial charge in [0.15, 0.2) is 8.32 Å². The van der Waals surface area contributed by atoms with Crippen LogP contribution < -0.4 is 5.32 Å². The molecule has 0 atom stereocenters. The van der Waals surface area contributed by atoms with Crippen molar-refractivity contribution in [2.45, 2.75) is 45.8 Å². The smallest absolute Gasteiger partial charge is 0.323 e. The summed E-state index contributed by atoms with van der Waals surface area (Å²) in [6.45, 7) is 15.4. The molecule has 0 radical (unpaired) electrons. The minimum atomic E-state index is -2.06. The second-order valence-electron chi connectivity index (χ2n) is 5.76. The number of hydrogen-bond donors (Lipinski definition) is 1. The van der Waals surface area contributed by atoms with Gasteiger partial charge in [-0.05, 0) is 52.9 Å². The Balaban J connectivity index is 4.33. The van der Waals surface area contributed by atoms with Crippen LogP contribution in [0.1, 0.15) is 0 Å². The summed E-state index contributed by atoms with van der Waals surface area (Å²) in [5, 5.41) is 2.97. The van der Waals surface area contributed by atoms with Gasteiger partial charge in [-0.3, -0.25) is 5.32 Å². The maximum absolute atomic E-state index is 6.13. The van der Waals surface area contributed by atoms with Crippen molar-refractivity contribution in [3.05, 3.63) is 0 Å². The molecule has 4 nitrogen and oxygen atoms in total. The lowest BCUT2D eigenvalue weighted by molar-refractivity contribution is 0.217. The molecule has 0 bridgehead atoms. The summed E-state index contributed by atoms with van der Waals surface area (Å²) in [6, 6.07) is 0. The van der Waals surface area contributed by atoms with Crippen molar-refractivity contribution in [1.82, 2.24) is 5.32 Å². The molecule has 0 fully saturated rings. The average Bonchev–Trinajstić information content (AvgIpc) is 1.93. The first-order valence-corrected chi connectivity index (χ1v) is 14.7. The van der Waals surface area contributed by atoms with Gasteiger partial charge in [0.25, 0.3) is 0 Å². The van der Waals surface area contributed by atoms with E-state index in [0.29, 0.717) is 6.73 Å². The SMILES string of the molecule is CNCO[Si](C)(C)O[Si](C)(C)O[Si](C)(C)C. The lowest BCUT2D eigenvalue weighted by Crippen LogP contribution is -2.53. The molecule has 0 saturated carbocycles. The van der Waals surface area contributed by atoms with Crippen molar-refractivity contribution in [1.29, 1.82) is 0 Å². The quantitative estimate of drug-likeness (QED) is 0.575. The average molecular weight is 282 g/mol. The first-order valence-electron chi connectivity index (χ1n) is 5.66. The molecule has 7 heteroatoms. The second kappa shape index (κ2) is 5.89. The minimum Gasteiger partial charge on any atom is -0.437 e. The molecule has 0 spiro atoms. The van der Waals surface area contributed by atoms with E-state index in [1.54, 1.807) is 0 Å². The normalized spacial score (nSPS) is 14.2. The van der Waals surface area contributed by atoms with Crippen molar-refractivity contribution in [2.24, 2.45) is 0 Å². The van der Waals surface area contributed by atoms with Crippen molar-refractivity contribution in [2.75, 3.05) is 13.8 Å². The van der Waals surface area contributed by atoms with Crippen LogP contribution in [0, 0.1) is 0 Å². The molecule has 0 amide bonds. The van der Waals surface area contributed by atoms with Crippen LogP contribution in [0.2, 0.25) is 45.8 Å². The molecular formula is C9H27NO3Si3. The monoisotopic (exact) mass is 281 g/mol. The van der Waals surface area contributed by atoms with E-state index in [1.807, 2.05) is 7.05 Å². The fourth-order valence-corrected chi connectivity index (χ4v) is 13.5. The third-order valence-corrected chi connectivity index (χ3v) is 10.8. The Hall–Kier alpha value is 0.491. The maximum Gasteiger partial charge on any atom is 0.323 e. The molecule has 0 aliphatic heterocycles. The zero-order chi connectivity index (χ0) is 13.0. The third kappa shape index (κ3) is 8.62. The van der Waals surface area contributed by atoms with Crippen LogP contribution in [0.25, 0.3) is 0 Å². The molecule has 0 saturated heterocycles. The Morgan fingerprint density at radius 1 is 0.812 bits per heavy atom. The Bertz CT molecular complexity index is 217. The van der Waals surface area contributed by atoms with E-state index in [4.69, 9.17) is 12.7 Å². The predicted molar refractivity (Wildman–Crippen MR) is 75.5 cm³/mol. The number of hydrogen-bond acceptors (Lipinski definition) is 4. The van der Waals surface area contributed by atoms with E-state index >= 15 is 0 Å². The Kier molecular flexibility index (Phi) is 6.08. The van der Waals surface area contributed by atoms with Crippen LogP contribution in [-0.2, 0) is 12.7 Å². The second-order valence-corrected chi connectivity index (χ2v) is 17.5. The Labute approximate surface area is 103 Å². The Morgan fingerprint density at radius 2 is 1.31 bits per heavy atom. The summed E-state index contributed by atoms with van der Waals surface area (Å²) in [4.78, 5) is 0. The zero-order valence-electron chi connectivity index (χ0n) is 11.9. The largest absolute Gasteiger partial charge is 0.437 e. The lowest BCUT2D eigenvalue weighted by atomic mass is 11.2. The van der Waals surface area contributed by atoms with Gasteiger partial charge >= 0.3 is 17.1 Å². The van der Waals surface area contributed by atoms with Gasteiger partial charge in [0, 0.05) is 0 Å². The summed E-state index contributed by atoms with van der Waals surface area (Å²) in [5.41, 5.74) is 0. The van der Waals surface area contributed by atoms with E-state index in [0.717, 1.165) is 0 Å². The highest BCUT2D eigenvalue weighted by Gasteiger charge is 2.39. The molecule has 0 aromatic heterocycles. The molecule has 0 unspecified atom stereocenters. The summed E-state index contributed by atoms with van der Waals surface area (Å²) < 4.78 is 18.0. The van der Waals surface area contributed by atoms with Crippen molar-refractivity contribution >= 4 is 25.4 Å². The van der Waals surface area contributed by atoms with Crippen LogP contribution in [0.3, 0.4) is 0 Å². The van der Waals surface area contributed by atoms with E-state index in [1.165, 1.54) is 0 Å². The van der Waals surface area contributed by atoms with E-state index < -0.39 is 25.4 Å². The van der Waals surface area contributed by atoms with Crippen LogP contribution in [0.15, 0.2) is 0 Å². The van der Waals surface area contributed by atoms with Crippen LogP contribution >= 0.6 is 0 Å². The molecule has 16 heavy (non-hydrogen) atoms. The van der Waals surface area contributed by atoms with Crippen molar-refractivity contribution in [3.63, 3.8) is 0 Å². The summed E-state index contributed by atoms with van der Waals surface area (Å²) in [7, 11) is -3.79. The van der Waals surface area contributed by atoms with Gasteiger partial charge in [-0.1, -0.05) is 0 Å². The summed E-state index contributed by atoms with van der Waals surface area (Å²) in [5.74, 6) is 0. The van der Waals surface area contributed by atoms with Gasteiger partial charge in [-0.15, -0.1) is 0 Å². The molecule has 98 valence electrons. The van der Waals surface area contributed by atoms with Crippen molar-refractivity contribution < 1.29 is 12.7 Å². The van der Waals surface area contributed by atoms with Gasteiger partial charge in [0.2, 0.25) is 0 Å². The summed E-state index contributed by atoms with van der Waals surface area (Å²) >= 11 is 0. The van der Waals surface area contributed by atoms with Gasteiger partial charge < -0.3 is 12.7 Å². The maximum atomic E-state index is 6.13. The highest BCUT2D eigenvalue weighted by Crippen LogP contribution is 2.20. The fraction of sp³-hybridized carbons (Fsp3) is 1.00. The standard InChI is InChI=1S/C9H27NO3Si3/c1-10-9-11-15(5,6)13-16(7,8)12-14(2,3)4/h10H,9H2,1-8H3. The highest BCUT2D eigenvalue weighted by atomic mass is 28.5. The molecular weight excluding hydrogens is 254 g/mol. The minimum absolute atomic E-state index is 0.538. The highest BCUT2D eigenvalue weighted by molar-refractivity contribution is 6.85. The van der Waals surface area contributed by atoms with E-state index in [9.17, 15) is 0 Å². The molecule has 1 N–H and O–H groups in total. The lowest BCUT2D eigenvalue weighted by Gasteiger charge is -2.36. The van der Waals surface area contributed by atoms with Crippen LogP contribution in [0.5, 0.6) is 0 Å². The van der Waals surface area contributed by atoms with E-state index in [-0.39, 0.29) is 0 Å². The predicted octanol–water partition coefficient (Wildman–Crippen LogP) is 2.45. The molecule has 0 aromatic carbocycles. The van der Waals surface area contributed by atoms with Crippen LogP contribution in [-0.4, -0.2) is 39.2 Å². The molecule has 0 rings (SSSR count). The first kappa shape index (κ1) is 16.5. The molecule has 0 aliphatic carbocycles. The number of nitrogens with one attached hydrogen (secondary N) is 1. The fourth-order valence-electron chi connectivity index (χ4n) is 1.63. The van der Waals surface area contributed by atoms with Crippen molar-refractivity contribution in [3.8, 4) is 0 Å². The Morgan fingerprint density at radius 3 is 1.69 bits per heavy atom. The molecule has 0 aromatic rings. The van der Waals surface area contributed by atoms with Gasteiger partial charge in [0.05, 0.1) is 6.73 Å². The van der Waals surface area contributed by atoms with Gasteiger partial charge in [-0.2, -0.15) is 0 Å². The molecule has 0 aliphatic rings. The summed E-state index contributed by atoms with van der Waals surface area (Å²) in [6.07, 6.45) is 0. The third-order valence-electron chi connectivity index (χ3n) is 1.61. The van der Waals surface area contributed by atoms with E-state index in [2.05, 4.69) is 51.1 Å². The number of rotatable bonds is 7. The van der Waals surface area contributed by atoms with Gasteiger partial charge in [-0.25, -0.2) is 0 Å². The van der Waals surface area contributed by atoms with Crippen LogP contribution in [0.4, 0.5) is 0 Å². The van der Waals surface area contributed by atoms with Gasteiger partial charge in [0.1, 0.15) is 0 Å². The zero-order valence-corrected chi connectivity index (χ0v) is 14.9. The molecule has 0 heterocycles.